The number of hydrogen-bond acceptors (Lipinski definition) is 4. The van der Waals surface area contributed by atoms with Crippen LogP contribution < -0.4 is 15.3 Å². The average Bonchev–Trinajstić information content (AvgIpc) is 2.50. The molecule has 0 fully saturated rings. The third kappa shape index (κ3) is 4.15. The predicted molar refractivity (Wildman–Crippen MR) is 92.9 cm³/mol. The van der Waals surface area contributed by atoms with Crippen molar-refractivity contribution in [2.24, 2.45) is 10.9 Å². The highest BCUT2D eigenvalue weighted by Gasteiger charge is 2.11. The normalized spacial score (nSPS) is 10.9. The van der Waals surface area contributed by atoms with Crippen molar-refractivity contribution < 1.29 is 9.47 Å². The maximum Gasteiger partial charge on any atom is 0.162 e. The molecule has 0 atom stereocenters. The smallest absolute Gasteiger partial charge is 0.162 e. The molecule has 22 heavy (non-hydrogen) atoms. The molecule has 116 valence electrons. The first-order valence-electron chi connectivity index (χ1n) is 6.71. The van der Waals surface area contributed by atoms with E-state index in [1.807, 2.05) is 43.3 Å². The Bertz CT molecular complexity index is 677. The largest absolute Gasteiger partial charge is 0.490 e. The molecule has 0 amide bonds. The van der Waals surface area contributed by atoms with E-state index in [1.54, 1.807) is 6.21 Å². The number of hydrogen-bond donors (Lipinski definition) is 1. The van der Waals surface area contributed by atoms with Crippen LogP contribution in [0.5, 0.6) is 11.5 Å². The number of ether oxygens (including phenoxy) is 2. The maximum absolute atomic E-state index is 6.14. The Balaban J connectivity index is 2.25. The molecule has 0 radical (unpaired) electrons. The van der Waals surface area contributed by atoms with Crippen molar-refractivity contribution in [1.29, 1.82) is 0 Å². The van der Waals surface area contributed by atoms with E-state index in [2.05, 4.69) is 21.0 Å². The van der Waals surface area contributed by atoms with E-state index in [4.69, 9.17) is 26.9 Å². The first kappa shape index (κ1) is 16.6. The van der Waals surface area contributed by atoms with E-state index in [0.717, 1.165) is 15.6 Å². The number of hydrazone groups is 1. The molecule has 2 aromatic carbocycles. The molecule has 0 saturated heterocycles. The first-order valence-corrected chi connectivity index (χ1v) is 7.88. The second kappa shape index (κ2) is 8.06. The Kier molecular flexibility index (Phi) is 6.10. The quantitative estimate of drug-likeness (QED) is 0.458. The zero-order chi connectivity index (χ0) is 15.9. The van der Waals surface area contributed by atoms with E-state index in [0.29, 0.717) is 29.7 Å². The van der Waals surface area contributed by atoms with Gasteiger partial charge < -0.3 is 15.3 Å². The van der Waals surface area contributed by atoms with Crippen LogP contribution in [-0.2, 0) is 6.61 Å². The van der Waals surface area contributed by atoms with Crippen molar-refractivity contribution in [3.05, 3.63) is 57.0 Å². The van der Waals surface area contributed by atoms with Crippen LogP contribution in [0, 0.1) is 0 Å². The van der Waals surface area contributed by atoms with Gasteiger partial charge in [0.25, 0.3) is 0 Å². The summed E-state index contributed by atoms with van der Waals surface area (Å²) in [4.78, 5) is 0. The van der Waals surface area contributed by atoms with Gasteiger partial charge in [0.1, 0.15) is 6.61 Å². The van der Waals surface area contributed by atoms with Crippen molar-refractivity contribution in [3.63, 3.8) is 0 Å². The van der Waals surface area contributed by atoms with Crippen molar-refractivity contribution in [2.45, 2.75) is 13.5 Å². The Morgan fingerprint density at radius 1 is 1.23 bits per heavy atom. The van der Waals surface area contributed by atoms with Crippen molar-refractivity contribution in [2.75, 3.05) is 6.61 Å². The highest BCUT2D eigenvalue weighted by atomic mass is 79.9. The lowest BCUT2D eigenvalue weighted by atomic mass is 10.2. The van der Waals surface area contributed by atoms with Crippen LogP contribution in [0.1, 0.15) is 18.1 Å². The molecular weight excluding hydrogens is 368 g/mol. The third-order valence-electron chi connectivity index (χ3n) is 2.92. The van der Waals surface area contributed by atoms with Crippen LogP contribution in [0.3, 0.4) is 0 Å². The number of benzene rings is 2. The summed E-state index contributed by atoms with van der Waals surface area (Å²) in [6, 6.07) is 11.2. The molecule has 2 N–H and O–H groups in total. The molecule has 0 bridgehead atoms. The highest BCUT2D eigenvalue weighted by Crippen LogP contribution is 2.34. The highest BCUT2D eigenvalue weighted by molar-refractivity contribution is 9.10. The summed E-state index contributed by atoms with van der Waals surface area (Å²) in [5.74, 6) is 6.46. The van der Waals surface area contributed by atoms with E-state index in [-0.39, 0.29) is 0 Å². The number of nitrogens with two attached hydrogens (primary N) is 1. The Labute approximate surface area is 143 Å². The molecule has 4 nitrogen and oxygen atoms in total. The minimum absolute atomic E-state index is 0.358. The van der Waals surface area contributed by atoms with E-state index in [1.165, 1.54) is 0 Å². The van der Waals surface area contributed by atoms with Gasteiger partial charge in [-0.25, -0.2) is 0 Å². The minimum Gasteiger partial charge on any atom is -0.490 e. The van der Waals surface area contributed by atoms with Crippen molar-refractivity contribution in [3.8, 4) is 11.5 Å². The number of nitrogens with zero attached hydrogens (tertiary/aromatic N) is 1. The van der Waals surface area contributed by atoms with E-state index in [9.17, 15) is 0 Å². The van der Waals surface area contributed by atoms with Gasteiger partial charge in [-0.15, -0.1) is 0 Å². The summed E-state index contributed by atoms with van der Waals surface area (Å²) >= 11 is 9.60. The standard InChI is InChI=1S/C16H16BrClN2O2/c1-2-21-15-7-12(9-20-19)13(17)8-16(15)22-10-11-5-3-4-6-14(11)18/h3-9H,2,10,19H2,1H3. The van der Waals surface area contributed by atoms with Gasteiger partial charge in [-0.3, -0.25) is 0 Å². The summed E-state index contributed by atoms with van der Waals surface area (Å²) in [6.45, 7) is 2.80. The maximum atomic E-state index is 6.14. The molecule has 0 aliphatic rings. The molecule has 2 rings (SSSR count). The molecule has 0 spiro atoms. The van der Waals surface area contributed by atoms with Crippen LogP contribution in [0.4, 0.5) is 0 Å². The molecule has 0 heterocycles. The Hall–Kier alpha value is -1.72. The van der Waals surface area contributed by atoms with Gasteiger partial charge in [-0.05, 0) is 41.1 Å². The van der Waals surface area contributed by atoms with E-state index >= 15 is 0 Å². The molecule has 0 saturated carbocycles. The van der Waals surface area contributed by atoms with Gasteiger partial charge in [0, 0.05) is 20.6 Å². The second-order valence-electron chi connectivity index (χ2n) is 4.41. The average molecular weight is 384 g/mol. The number of rotatable bonds is 6. The lowest BCUT2D eigenvalue weighted by molar-refractivity contribution is 0.269. The topological polar surface area (TPSA) is 56.8 Å². The van der Waals surface area contributed by atoms with Crippen LogP contribution in [-0.4, -0.2) is 12.8 Å². The third-order valence-corrected chi connectivity index (χ3v) is 3.97. The van der Waals surface area contributed by atoms with Crippen LogP contribution >= 0.6 is 27.5 Å². The molecule has 0 aromatic heterocycles. The van der Waals surface area contributed by atoms with Crippen LogP contribution in [0.25, 0.3) is 0 Å². The van der Waals surface area contributed by atoms with Gasteiger partial charge in [-0.2, -0.15) is 5.10 Å². The lowest BCUT2D eigenvalue weighted by Crippen LogP contribution is -2.01. The Morgan fingerprint density at radius 2 is 1.95 bits per heavy atom. The summed E-state index contributed by atoms with van der Waals surface area (Å²) < 4.78 is 12.3. The molecule has 0 aliphatic heterocycles. The first-order chi connectivity index (χ1) is 10.7. The minimum atomic E-state index is 0.358. The van der Waals surface area contributed by atoms with E-state index < -0.39 is 0 Å². The number of halogens is 2. The predicted octanol–water partition coefficient (Wildman–Crippen LogP) is 4.37. The van der Waals surface area contributed by atoms with Gasteiger partial charge in [0.2, 0.25) is 0 Å². The molecule has 2 aromatic rings. The molecule has 0 aliphatic carbocycles. The van der Waals surface area contributed by atoms with Crippen molar-refractivity contribution >= 4 is 33.7 Å². The zero-order valence-corrected chi connectivity index (χ0v) is 14.4. The van der Waals surface area contributed by atoms with Crippen molar-refractivity contribution in [1.82, 2.24) is 0 Å². The van der Waals surface area contributed by atoms with Crippen LogP contribution in [0.2, 0.25) is 5.02 Å². The fraction of sp³-hybridized carbons (Fsp3) is 0.188. The summed E-state index contributed by atoms with van der Waals surface area (Å²) in [7, 11) is 0. The lowest BCUT2D eigenvalue weighted by Gasteiger charge is -2.14. The monoisotopic (exact) mass is 382 g/mol. The molecular formula is C16H16BrClN2O2. The molecule has 6 heteroatoms. The van der Waals surface area contributed by atoms with Gasteiger partial charge >= 0.3 is 0 Å². The fourth-order valence-electron chi connectivity index (χ4n) is 1.88. The SMILES string of the molecule is CCOc1cc(C=NN)c(Br)cc1OCc1ccccc1Cl. The molecule has 0 unspecified atom stereocenters. The zero-order valence-electron chi connectivity index (χ0n) is 12.1. The fourth-order valence-corrected chi connectivity index (χ4v) is 2.50. The second-order valence-corrected chi connectivity index (χ2v) is 5.67. The summed E-state index contributed by atoms with van der Waals surface area (Å²) in [5, 5.41) is 4.21. The van der Waals surface area contributed by atoms with Gasteiger partial charge in [0.15, 0.2) is 11.5 Å². The van der Waals surface area contributed by atoms with Gasteiger partial charge in [-0.1, -0.05) is 29.8 Å². The summed E-state index contributed by atoms with van der Waals surface area (Å²) in [6.07, 6.45) is 1.55. The van der Waals surface area contributed by atoms with Gasteiger partial charge in [0.05, 0.1) is 12.8 Å². The Morgan fingerprint density at radius 3 is 2.64 bits per heavy atom. The summed E-state index contributed by atoms with van der Waals surface area (Å²) in [5.41, 5.74) is 1.73. The van der Waals surface area contributed by atoms with Crippen LogP contribution in [0.15, 0.2) is 46.0 Å².